The lowest BCUT2D eigenvalue weighted by molar-refractivity contribution is -0.164. The van der Waals surface area contributed by atoms with Gasteiger partial charge in [0.15, 0.2) is 0 Å². The molecule has 15 atom stereocenters. The topological polar surface area (TPSA) is 364 Å². The number of aliphatic hydroxyl groups excluding tert-OH is 1. The van der Waals surface area contributed by atoms with E-state index in [2.05, 4.69) is 21.3 Å². The summed E-state index contributed by atoms with van der Waals surface area (Å²) in [6, 6.07) is -13.6. The first kappa shape index (κ1) is 101. The van der Waals surface area contributed by atoms with Crippen molar-refractivity contribution in [3.05, 3.63) is 12.2 Å². The van der Waals surface area contributed by atoms with Crippen LogP contribution in [0, 0.1) is 41.4 Å². The molecule has 11 amide bonds. The zero-order chi connectivity index (χ0) is 84.4. The predicted octanol–water partition coefficient (Wildman–Crippen LogP) is 5.58. The molecule has 0 aromatic carbocycles. The monoisotopic (exact) mass is 1540 g/mol. The van der Waals surface area contributed by atoms with Gasteiger partial charge in [-0.05, 0) is 156 Å². The highest BCUT2D eigenvalue weighted by Gasteiger charge is 2.47. The molecule has 0 saturated heterocycles. The summed E-state index contributed by atoms with van der Waals surface area (Å²) < 4.78 is 16.9. The van der Waals surface area contributed by atoms with Crippen LogP contribution in [0.4, 0.5) is 4.79 Å². The van der Waals surface area contributed by atoms with E-state index >= 15 is 14.4 Å². The molecule has 0 aromatic rings. The second kappa shape index (κ2) is 45.6. The fourth-order valence-corrected chi connectivity index (χ4v) is 12.6. The summed E-state index contributed by atoms with van der Waals surface area (Å²) in [5.41, 5.74) is -1.94. The Morgan fingerprint density at radius 2 is 0.972 bits per heavy atom. The number of rotatable bonds is 44. The summed E-state index contributed by atoms with van der Waals surface area (Å²) >= 11 is 0. The number of carbonyl (C=O) groups is 13. The SMILES string of the molecule is C/C=C/C[C@@H](C)[C@@H](OC(C)=O)[C@@H](C(=O)N[C@@H](CC)C(=O)OCCN(C)C(C)=O)N(C)C(=O)[C@H](C(C)C)N(C)C(=O)[C@H](CC(C)C)N(C)C(=O)[C@H](CC(C)C)N(C)C(=O)[C@@H](C)NC(=O)[C@H](C)NC(=O)[C@H](CC(C)C)N(C)C(=O)[C@@H](NC(=O)[C@H]([C@H](C)CCC(C)(C)O)N(C)C(O)[C@@H](C)N(C)C(=O)OC(C)(C)C)C(C)C. The predicted molar refractivity (Wildman–Crippen MR) is 414 cm³/mol. The minimum Gasteiger partial charge on any atom is -0.462 e. The number of hydrogen-bond acceptors (Lipinski definition) is 19. The van der Waals surface area contributed by atoms with Crippen LogP contribution in [0.1, 0.15) is 211 Å². The van der Waals surface area contributed by atoms with Gasteiger partial charge in [-0.15, -0.1) is 0 Å². The first-order chi connectivity index (χ1) is 49.5. The van der Waals surface area contributed by atoms with Crippen LogP contribution < -0.4 is 21.3 Å². The third-order valence-corrected chi connectivity index (χ3v) is 19.5. The molecule has 30 heteroatoms. The largest absolute Gasteiger partial charge is 0.462 e. The van der Waals surface area contributed by atoms with Crippen LogP contribution >= 0.6 is 0 Å². The van der Waals surface area contributed by atoms with E-state index in [1.807, 2.05) is 47.6 Å². The minimum atomic E-state index is -1.57. The van der Waals surface area contributed by atoms with E-state index in [-0.39, 0.29) is 68.9 Å². The highest BCUT2D eigenvalue weighted by Crippen LogP contribution is 2.29. The van der Waals surface area contributed by atoms with Crippen LogP contribution in [0.5, 0.6) is 0 Å². The van der Waals surface area contributed by atoms with Crippen LogP contribution in [0.15, 0.2) is 12.2 Å². The van der Waals surface area contributed by atoms with Crippen molar-refractivity contribution >= 4 is 77.1 Å². The molecule has 0 aliphatic rings. The Morgan fingerprint density at radius 3 is 1.42 bits per heavy atom. The van der Waals surface area contributed by atoms with Crippen LogP contribution in [0.3, 0.4) is 0 Å². The molecule has 1 unspecified atom stereocenters. The van der Waals surface area contributed by atoms with Gasteiger partial charge >= 0.3 is 18.0 Å². The number of hydrogen-bond donors (Lipinski definition) is 6. The molecular formula is C78H142N12O18. The number of amides is 11. The lowest BCUT2D eigenvalue weighted by atomic mass is 9.89. The number of allylic oxidation sites excluding steroid dienone is 2. The lowest BCUT2D eigenvalue weighted by Gasteiger charge is -2.42. The maximum Gasteiger partial charge on any atom is 0.410 e. The fourth-order valence-electron chi connectivity index (χ4n) is 12.6. The Morgan fingerprint density at radius 1 is 0.509 bits per heavy atom. The molecule has 108 heavy (non-hydrogen) atoms. The number of nitrogens with zero attached hydrogens (tertiary/aromatic N) is 8. The van der Waals surface area contributed by atoms with Crippen molar-refractivity contribution in [2.45, 2.75) is 301 Å². The highest BCUT2D eigenvalue weighted by molar-refractivity contribution is 5.99. The molecule has 0 saturated carbocycles. The van der Waals surface area contributed by atoms with E-state index in [4.69, 9.17) is 14.2 Å². The average molecular weight is 1540 g/mol. The quantitative estimate of drug-likeness (QED) is 0.0188. The zero-order valence-corrected chi connectivity index (χ0v) is 71.6. The lowest BCUT2D eigenvalue weighted by Crippen LogP contribution is -2.63. The smallest absolute Gasteiger partial charge is 0.410 e. The van der Waals surface area contributed by atoms with Crippen LogP contribution in [-0.2, 0) is 71.7 Å². The summed E-state index contributed by atoms with van der Waals surface area (Å²) in [7, 11) is 11.6. The van der Waals surface area contributed by atoms with Gasteiger partial charge in [0.05, 0.1) is 24.2 Å². The number of ether oxygens (including phenoxy) is 3. The Bertz CT molecular complexity index is 3000. The standard InChI is InChI=1S/C78H142N12O18/c1-33-35-36-50(14)64(107-55(19)92)63(68(96)81-56(34-2)75(103)106-40-39-83(25)54(18)91)90(32)74(102)61(48(11)12)88(30)72(100)59(43-46(7)8)87(29)71(99)58(42-45(5)6)86(28)69(97)52(16)80-65(93)51(15)79-66(94)57(41-44(3)4)85(27)73(101)60(47(9)10)82-67(95)62(49(13)37-38-78(23,24)105)89(31)70(98)53(17)84(26)76(104)108-77(20,21)22/h33,35,44-53,56-64,70,98,105H,34,36-43H2,1-32H3,(H,79,94)(H,80,93)(H,81,96)(H,82,95)/b35-33+/t49-,50-,51+,52-,53-,56+,57+,58+,59+,60+,61+,62+,63+,64-,70?/m1/s1. The van der Waals surface area contributed by atoms with Gasteiger partial charge in [0.25, 0.3) is 0 Å². The molecular weight excluding hydrogens is 1390 g/mol. The van der Waals surface area contributed by atoms with E-state index in [1.165, 1.54) is 118 Å². The van der Waals surface area contributed by atoms with E-state index in [0.717, 1.165) is 4.90 Å². The Balaban J connectivity index is 7.27. The maximum absolute atomic E-state index is 15.3. The van der Waals surface area contributed by atoms with Gasteiger partial charge in [0.2, 0.25) is 59.1 Å². The molecule has 0 aliphatic carbocycles. The van der Waals surface area contributed by atoms with Gasteiger partial charge < -0.3 is 80.0 Å². The summed E-state index contributed by atoms with van der Waals surface area (Å²) in [5.74, 6) is -11.0. The molecule has 6 N–H and O–H groups in total. The van der Waals surface area contributed by atoms with Crippen molar-refractivity contribution in [1.29, 1.82) is 0 Å². The van der Waals surface area contributed by atoms with Crippen molar-refractivity contribution in [2.75, 3.05) is 69.5 Å². The van der Waals surface area contributed by atoms with Crippen LogP contribution in [-0.4, -0.2) is 286 Å². The summed E-state index contributed by atoms with van der Waals surface area (Å²) in [5, 5.41) is 33.5. The minimum absolute atomic E-state index is 0.0560. The molecule has 0 spiro atoms. The molecule has 0 rings (SSSR count). The second-order valence-corrected chi connectivity index (χ2v) is 33.1. The van der Waals surface area contributed by atoms with Gasteiger partial charge in [-0.25, -0.2) is 9.59 Å². The van der Waals surface area contributed by atoms with Crippen molar-refractivity contribution in [3.8, 4) is 0 Å². The molecule has 0 heterocycles. The zero-order valence-electron chi connectivity index (χ0n) is 71.6. The molecule has 622 valence electrons. The second-order valence-electron chi connectivity index (χ2n) is 33.1. The van der Waals surface area contributed by atoms with E-state index in [0.29, 0.717) is 12.8 Å². The van der Waals surface area contributed by atoms with Crippen molar-refractivity contribution in [1.82, 2.24) is 60.5 Å². The van der Waals surface area contributed by atoms with Gasteiger partial charge in [0, 0.05) is 63.2 Å². The van der Waals surface area contributed by atoms with Gasteiger partial charge in [-0.2, -0.15) is 0 Å². The number of nitrogens with one attached hydrogen (secondary N) is 4. The van der Waals surface area contributed by atoms with E-state index in [9.17, 15) is 58.2 Å². The van der Waals surface area contributed by atoms with Crippen LogP contribution in [0.25, 0.3) is 0 Å². The van der Waals surface area contributed by atoms with E-state index in [1.54, 1.807) is 103 Å². The number of carbonyl (C=O) groups excluding carboxylic acids is 13. The van der Waals surface area contributed by atoms with E-state index < -0.39 is 185 Å². The van der Waals surface area contributed by atoms with Crippen LogP contribution in [0.2, 0.25) is 0 Å². The first-order valence-corrected chi connectivity index (χ1v) is 38.3. The van der Waals surface area contributed by atoms with Gasteiger partial charge in [0.1, 0.15) is 78.9 Å². The Kier molecular flexibility index (Phi) is 42.5. The van der Waals surface area contributed by atoms with Crippen molar-refractivity contribution in [2.24, 2.45) is 41.4 Å². The summed E-state index contributed by atoms with van der Waals surface area (Å²) in [6.07, 6.45) is 1.45. The maximum atomic E-state index is 15.3. The first-order valence-electron chi connectivity index (χ1n) is 38.3. The number of aliphatic hydroxyl groups is 2. The molecule has 0 fully saturated rings. The van der Waals surface area contributed by atoms with Crippen molar-refractivity contribution < 1.29 is 86.8 Å². The molecule has 0 bridgehead atoms. The molecule has 30 nitrogen and oxygen atoms in total. The average Bonchev–Trinajstić information content (AvgIpc) is 0.800. The summed E-state index contributed by atoms with van der Waals surface area (Å²) in [4.78, 5) is 195. The fraction of sp³-hybridized carbons (Fsp3) is 0.808. The van der Waals surface area contributed by atoms with Gasteiger partial charge in [-0.1, -0.05) is 102 Å². The number of likely N-dealkylation sites (N-methyl/N-ethyl adjacent to an activating group) is 8. The Hall–Kier alpha value is -7.47. The number of esters is 2. The normalized spacial score (nSPS) is 16.2. The molecule has 0 aliphatic heterocycles. The third-order valence-electron chi connectivity index (χ3n) is 19.5. The highest BCUT2D eigenvalue weighted by atomic mass is 16.6. The van der Waals surface area contributed by atoms with Crippen molar-refractivity contribution in [3.63, 3.8) is 0 Å². The van der Waals surface area contributed by atoms with Gasteiger partial charge in [-0.3, -0.25) is 57.6 Å². The molecule has 0 radical (unpaired) electrons. The Labute approximate surface area is 645 Å². The third kappa shape index (κ3) is 31.9. The molecule has 0 aromatic heterocycles. The summed E-state index contributed by atoms with van der Waals surface area (Å²) in [6.45, 7) is 40.2.